The van der Waals surface area contributed by atoms with Crippen molar-refractivity contribution in [1.29, 1.82) is 0 Å². The molecule has 0 spiro atoms. The summed E-state index contributed by atoms with van der Waals surface area (Å²) < 4.78 is 23.3. The van der Waals surface area contributed by atoms with Crippen LogP contribution in [0.1, 0.15) is 6.42 Å². The fraction of sp³-hybridized carbons (Fsp3) is 0.417. The zero-order valence-electron chi connectivity index (χ0n) is 9.78. The molecule has 6 heteroatoms. The Labute approximate surface area is 109 Å². The second-order valence-corrected chi connectivity index (χ2v) is 4.44. The lowest BCUT2D eigenvalue weighted by Gasteiger charge is -2.14. The molecule has 1 saturated heterocycles. The van der Waals surface area contributed by atoms with Crippen molar-refractivity contribution in [1.82, 2.24) is 5.32 Å². The summed E-state index contributed by atoms with van der Waals surface area (Å²) in [4.78, 5) is 11.3. The van der Waals surface area contributed by atoms with Gasteiger partial charge in [-0.15, -0.1) is 0 Å². The van der Waals surface area contributed by atoms with Gasteiger partial charge in [-0.3, -0.25) is 4.79 Å². The largest absolute Gasteiger partial charge is 0.487 e. The Hall–Kier alpha value is -1.33. The highest BCUT2D eigenvalue weighted by molar-refractivity contribution is 6.32. The fourth-order valence-corrected chi connectivity index (χ4v) is 2.02. The van der Waals surface area contributed by atoms with Gasteiger partial charge in [0.15, 0.2) is 0 Å². The fourth-order valence-electron chi connectivity index (χ4n) is 1.86. The van der Waals surface area contributed by atoms with E-state index in [0.29, 0.717) is 18.0 Å². The minimum absolute atomic E-state index is 0.228. The number of benzene rings is 1. The number of methoxy groups -OCH3 is 1. The Morgan fingerprint density at radius 2 is 2.33 bits per heavy atom. The van der Waals surface area contributed by atoms with Crippen molar-refractivity contribution in [2.75, 3.05) is 13.7 Å². The van der Waals surface area contributed by atoms with Crippen LogP contribution in [-0.2, 0) is 9.53 Å². The van der Waals surface area contributed by atoms with Gasteiger partial charge < -0.3 is 14.8 Å². The van der Waals surface area contributed by atoms with Crippen LogP contribution in [0, 0.1) is 5.82 Å². The number of nitrogens with one attached hydrogen (secondary N) is 1. The van der Waals surface area contributed by atoms with E-state index in [0.717, 1.165) is 0 Å². The first-order chi connectivity index (χ1) is 8.60. The molecular weight excluding hydrogens is 261 g/mol. The summed E-state index contributed by atoms with van der Waals surface area (Å²) >= 11 is 5.90. The van der Waals surface area contributed by atoms with E-state index in [9.17, 15) is 9.18 Å². The van der Waals surface area contributed by atoms with E-state index in [1.54, 1.807) is 0 Å². The first-order valence-corrected chi connectivity index (χ1v) is 5.91. The predicted molar refractivity (Wildman–Crippen MR) is 64.2 cm³/mol. The second kappa shape index (κ2) is 5.54. The second-order valence-electron chi connectivity index (χ2n) is 4.03. The smallest absolute Gasteiger partial charge is 0.323 e. The molecule has 0 bridgehead atoms. The van der Waals surface area contributed by atoms with Gasteiger partial charge in [0.2, 0.25) is 0 Å². The number of esters is 1. The summed E-state index contributed by atoms with van der Waals surface area (Å²) in [6.07, 6.45) is 0.243. The van der Waals surface area contributed by atoms with Crippen LogP contribution in [0.3, 0.4) is 0 Å². The molecule has 1 aliphatic rings. The first kappa shape index (κ1) is 13.1. The van der Waals surface area contributed by atoms with Crippen LogP contribution in [0.2, 0.25) is 5.02 Å². The van der Waals surface area contributed by atoms with Crippen molar-refractivity contribution in [3.8, 4) is 5.75 Å². The minimum Gasteiger partial charge on any atom is -0.487 e. The highest BCUT2D eigenvalue weighted by Gasteiger charge is 2.31. The van der Waals surface area contributed by atoms with Gasteiger partial charge in [-0.05, 0) is 12.1 Å². The maximum atomic E-state index is 13.1. The SMILES string of the molecule is COC(=O)[C@@H]1C[C@H](Oc2cc(F)ccc2Cl)CN1. The molecule has 0 amide bonds. The molecule has 4 nitrogen and oxygen atoms in total. The molecule has 1 aromatic carbocycles. The van der Waals surface area contributed by atoms with Crippen molar-refractivity contribution in [2.45, 2.75) is 18.6 Å². The van der Waals surface area contributed by atoms with E-state index in [2.05, 4.69) is 10.1 Å². The third-order valence-corrected chi connectivity index (χ3v) is 3.08. The average Bonchev–Trinajstić information content (AvgIpc) is 2.81. The number of ether oxygens (including phenoxy) is 2. The van der Waals surface area contributed by atoms with Gasteiger partial charge >= 0.3 is 5.97 Å². The average molecular weight is 274 g/mol. The molecule has 0 aliphatic carbocycles. The molecule has 98 valence electrons. The van der Waals surface area contributed by atoms with Crippen LogP contribution < -0.4 is 10.1 Å². The lowest BCUT2D eigenvalue weighted by molar-refractivity contribution is -0.142. The molecule has 1 aliphatic heterocycles. The summed E-state index contributed by atoms with van der Waals surface area (Å²) in [7, 11) is 1.33. The standard InChI is InChI=1S/C12H13ClFNO3/c1-17-12(16)10-5-8(6-15-10)18-11-4-7(14)2-3-9(11)13/h2-4,8,10,15H,5-6H2,1H3/t8-,10-/m0/s1. The summed E-state index contributed by atoms with van der Waals surface area (Å²) in [5.74, 6) is -0.453. The van der Waals surface area contributed by atoms with E-state index < -0.39 is 5.82 Å². The number of rotatable bonds is 3. The van der Waals surface area contributed by atoms with Crippen molar-refractivity contribution < 1.29 is 18.7 Å². The van der Waals surface area contributed by atoms with Gasteiger partial charge in [0, 0.05) is 19.0 Å². The highest BCUT2D eigenvalue weighted by atomic mass is 35.5. The maximum Gasteiger partial charge on any atom is 0.323 e. The van der Waals surface area contributed by atoms with E-state index in [1.807, 2.05) is 0 Å². The van der Waals surface area contributed by atoms with Crippen LogP contribution in [0.5, 0.6) is 5.75 Å². The van der Waals surface area contributed by atoms with E-state index in [1.165, 1.54) is 25.3 Å². The van der Waals surface area contributed by atoms with E-state index in [-0.39, 0.29) is 23.9 Å². The molecule has 1 fully saturated rings. The number of halogens is 2. The number of hydrogen-bond acceptors (Lipinski definition) is 4. The molecule has 2 atom stereocenters. The van der Waals surface area contributed by atoms with E-state index in [4.69, 9.17) is 16.3 Å². The lowest BCUT2D eigenvalue weighted by Crippen LogP contribution is -2.31. The third-order valence-electron chi connectivity index (χ3n) is 2.76. The van der Waals surface area contributed by atoms with Crippen LogP contribution >= 0.6 is 11.6 Å². The van der Waals surface area contributed by atoms with Crippen LogP contribution in [-0.4, -0.2) is 31.8 Å². The highest BCUT2D eigenvalue weighted by Crippen LogP contribution is 2.27. The summed E-state index contributed by atoms with van der Waals surface area (Å²) in [5, 5.41) is 3.32. The van der Waals surface area contributed by atoms with Crippen LogP contribution in [0.4, 0.5) is 4.39 Å². The number of carbonyl (C=O) groups excluding carboxylic acids is 1. The van der Waals surface area contributed by atoms with Crippen molar-refractivity contribution in [2.24, 2.45) is 0 Å². The zero-order valence-corrected chi connectivity index (χ0v) is 10.5. The lowest BCUT2D eigenvalue weighted by atomic mass is 10.2. The molecule has 0 aromatic heterocycles. The maximum absolute atomic E-state index is 13.1. The van der Waals surface area contributed by atoms with Crippen molar-refractivity contribution in [3.63, 3.8) is 0 Å². The molecule has 1 aromatic rings. The topological polar surface area (TPSA) is 47.6 Å². The van der Waals surface area contributed by atoms with E-state index >= 15 is 0 Å². The van der Waals surface area contributed by atoms with Crippen LogP contribution in [0.25, 0.3) is 0 Å². The van der Waals surface area contributed by atoms with Gasteiger partial charge in [-0.1, -0.05) is 11.6 Å². The molecule has 1 heterocycles. The molecular formula is C12H13ClFNO3. The molecule has 0 radical (unpaired) electrons. The third kappa shape index (κ3) is 2.91. The summed E-state index contributed by atoms with van der Waals surface area (Å²) in [5.41, 5.74) is 0. The van der Waals surface area contributed by atoms with Gasteiger partial charge in [0.25, 0.3) is 0 Å². The van der Waals surface area contributed by atoms with Gasteiger partial charge in [0.1, 0.15) is 23.7 Å². The monoisotopic (exact) mass is 273 g/mol. The van der Waals surface area contributed by atoms with Gasteiger partial charge in [-0.25, -0.2) is 4.39 Å². The first-order valence-electron chi connectivity index (χ1n) is 5.53. The normalized spacial score (nSPS) is 22.8. The molecule has 0 unspecified atom stereocenters. The number of carbonyl (C=O) groups is 1. The van der Waals surface area contributed by atoms with Gasteiger partial charge in [0.05, 0.1) is 12.1 Å². The molecule has 18 heavy (non-hydrogen) atoms. The minimum atomic E-state index is -0.412. The molecule has 1 N–H and O–H groups in total. The quantitative estimate of drug-likeness (QED) is 0.853. The summed E-state index contributed by atoms with van der Waals surface area (Å²) in [6, 6.07) is 3.55. The van der Waals surface area contributed by atoms with Crippen LogP contribution in [0.15, 0.2) is 18.2 Å². The Balaban J connectivity index is 1.99. The Morgan fingerprint density at radius 1 is 1.56 bits per heavy atom. The zero-order chi connectivity index (χ0) is 13.1. The van der Waals surface area contributed by atoms with Gasteiger partial charge in [-0.2, -0.15) is 0 Å². The molecule has 0 saturated carbocycles. The Morgan fingerprint density at radius 3 is 3.06 bits per heavy atom. The Bertz CT molecular complexity index is 455. The van der Waals surface area contributed by atoms with Crippen molar-refractivity contribution >= 4 is 17.6 Å². The number of hydrogen-bond donors (Lipinski definition) is 1. The van der Waals surface area contributed by atoms with Crippen molar-refractivity contribution in [3.05, 3.63) is 29.0 Å². The Kier molecular flexibility index (Phi) is 4.04. The predicted octanol–water partition coefficient (Wildman–Crippen LogP) is 1.76. The summed E-state index contributed by atoms with van der Waals surface area (Å²) in [6.45, 7) is 0.493. The molecule has 2 rings (SSSR count).